The molecule has 0 aromatic carbocycles. The van der Waals surface area contributed by atoms with Gasteiger partial charge in [-0.05, 0) is 12.8 Å². The average Bonchev–Trinajstić information content (AvgIpc) is 2.47. The number of nitrogens with zero attached hydrogens (tertiary/aromatic N) is 1. The maximum atomic E-state index is 5.20. The Balaban J connectivity index is 2.33. The van der Waals surface area contributed by atoms with Crippen molar-refractivity contribution >= 4 is 27.7 Å². The van der Waals surface area contributed by atoms with Crippen LogP contribution in [0.15, 0.2) is 15.9 Å². The number of hydrogen-bond acceptors (Lipinski definition) is 3. The van der Waals surface area contributed by atoms with E-state index in [2.05, 4.69) is 27.8 Å². The Morgan fingerprint density at radius 2 is 2.50 bits per heavy atom. The lowest BCUT2D eigenvalue weighted by Crippen LogP contribution is -1.98. The van der Waals surface area contributed by atoms with Gasteiger partial charge in [-0.2, -0.15) is 0 Å². The Morgan fingerprint density at radius 3 is 3.00 bits per heavy atom. The zero-order valence-corrected chi connectivity index (χ0v) is 9.61. The van der Waals surface area contributed by atoms with Crippen LogP contribution in [0, 0.1) is 12.8 Å². The summed E-state index contributed by atoms with van der Waals surface area (Å²) in [4.78, 5) is 4.20. The van der Waals surface area contributed by atoms with E-state index < -0.39 is 0 Å². The van der Waals surface area contributed by atoms with Gasteiger partial charge in [0.05, 0.1) is 5.69 Å². The molecular weight excluding hydrogens is 238 g/mol. The van der Waals surface area contributed by atoms with E-state index in [1.807, 2.05) is 6.92 Å². The number of oxazole rings is 1. The van der Waals surface area contributed by atoms with Crippen molar-refractivity contribution in [3.63, 3.8) is 0 Å². The van der Waals surface area contributed by atoms with Crippen LogP contribution < -0.4 is 0 Å². The largest absolute Gasteiger partial charge is 0.440 e. The zero-order chi connectivity index (χ0) is 8.97. The molecule has 0 aliphatic rings. The fourth-order valence-electron chi connectivity index (χ4n) is 0.657. The van der Waals surface area contributed by atoms with Crippen LogP contribution in [0.5, 0.6) is 0 Å². The third kappa shape index (κ3) is 3.19. The van der Waals surface area contributed by atoms with Crippen LogP contribution in [0.4, 0.5) is 0 Å². The highest BCUT2D eigenvalue weighted by molar-refractivity contribution is 9.09. The predicted octanol–water partition coefficient (Wildman–Crippen LogP) is 3.11. The van der Waals surface area contributed by atoms with Gasteiger partial charge < -0.3 is 4.42 Å². The first-order chi connectivity index (χ1) is 5.72. The third-order valence-corrected chi connectivity index (χ3v) is 3.63. The van der Waals surface area contributed by atoms with Crippen molar-refractivity contribution in [3.8, 4) is 0 Å². The Kier molecular flexibility index (Phi) is 4.15. The highest BCUT2D eigenvalue weighted by Gasteiger charge is 2.04. The van der Waals surface area contributed by atoms with Gasteiger partial charge in [-0.25, -0.2) is 4.98 Å². The van der Waals surface area contributed by atoms with Gasteiger partial charge >= 0.3 is 0 Å². The summed E-state index contributed by atoms with van der Waals surface area (Å²) >= 11 is 5.10. The topological polar surface area (TPSA) is 26.0 Å². The molecule has 1 aromatic heterocycles. The van der Waals surface area contributed by atoms with Gasteiger partial charge in [0.25, 0.3) is 5.22 Å². The fraction of sp³-hybridized carbons (Fsp3) is 0.625. The third-order valence-electron chi connectivity index (χ3n) is 1.35. The van der Waals surface area contributed by atoms with E-state index in [0.717, 1.165) is 22.0 Å². The Morgan fingerprint density at radius 1 is 1.75 bits per heavy atom. The van der Waals surface area contributed by atoms with E-state index in [9.17, 15) is 0 Å². The smallest absolute Gasteiger partial charge is 0.255 e. The Hall–Kier alpha value is 0.0400. The standard InChI is InChI=1S/C8H12BrNOS/c1-6(3-9)5-12-8-10-7(2)4-11-8/h4,6H,3,5H2,1-2H3. The number of alkyl halides is 1. The second-order valence-corrected chi connectivity index (χ2v) is 4.44. The van der Waals surface area contributed by atoms with Crippen LogP contribution in [0.1, 0.15) is 12.6 Å². The molecule has 0 saturated carbocycles. The number of aryl methyl sites for hydroxylation is 1. The summed E-state index contributed by atoms with van der Waals surface area (Å²) in [6, 6.07) is 0. The molecule has 12 heavy (non-hydrogen) atoms. The molecule has 1 rings (SSSR count). The minimum absolute atomic E-state index is 0.655. The average molecular weight is 250 g/mol. The van der Waals surface area contributed by atoms with Gasteiger partial charge in [-0.15, -0.1) is 0 Å². The molecule has 0 aliphatic heterocycles. The minimum Gasteiger partial charge on any atom is -0.440 e. The summed E-state index contributed by atoms with van der Waals surface area (Å²) in [6.45, 7) is 4.12. The summed E-state index contributed by atoms with van der Waals surface area (Å²) in [5, 5.41) is 1.81. The van der Waals surface area contributed by atoms with Gasteiger partial charge in [-0.1, -0.05) is 34.6 Å². The molecule has 1 atom stereocenters. The number of rotatable bonds is 4. The molecule has 0 N–H and O–H groups in total. The van der Waals surface area contributed by atoms with Gasteiger partial charge in [0.1, 0.15) is 6.26 Å². The molecule has 1 aromatic rings. The van der Waals surface area contributed by atoms with E-state index in [0.29, 0.717) is 5.92 Å². The molecule has 0 saturated heterocycles. The first-order valence-electron chi connectivity index (χ1n) is 3.83. The van der Waals surface area contributed by atoms with E-state index >= 15 is 0 Å². The molecule has 1 heterocycles. The maximum absolute atomic E-state index is 5.20. The SMILES string of the molecule is Cc1coc(SCC(C)CBr)n1. The zero-order valence-electron chi connectivity index (χ0n) is 7.21. The minimum atomic E-state index is 0.655. The fourth-order valence-corrected chi connectivity index (χ4v) is 2.06. The molecular formula is C8H12BrNOS. The Labute approximate surface area is 85.3 Å². The number of aromatic nitrogens is 1. The van der Waals surface area contributed by atoms with Crippen molar-refractivity contribution in [1.29, 1.82) is 0 Å². The number of halogens is 1. The molecule has 68 valence electrons. The highest BCUT2D eigenvalue weighted by atomic mass is 79.9. The molecule has 0 radical (unpaired) electrons. The first kappa shape index (κ1) is 10.1. The molecule has 4 heteroatoms. The first-order valence-corrected chi connectivity index (χ1v) is 5.94. The number of hydrogen-bond donors (Lipinski definition) is 0. The van der Waals surface area contributed by atoms with Crippen molar-refractivity contribution < 1.29 is 4.42 Å². The molecule has 0 bridgehead atoms. The van der Waals surface area contributed by atoms with E-state index in [1.54, 1.807) is 18.0 Å². The van der Waals surface area contributed by atoms with Crippen LogP contribution in [-0.4, -0.2) is 16.1 Å². The summed E-state index contributed by atoms with van der Waals surface area (Å²) in [6.07, 6.45) is 1.68. The highest BCUT2D eigenvalue weighted by Crippen LogP contribution is 2.20. The lowest BCUT2D eigenvalue weighted by molar-refractivity contribution is 0.453. The Bertz CT molecular complexity index is 239. The van der Waals surface area contributed by atoms with Crippen molar-refractivity contribution in [2.45, 2.75) is 19.1 Å². The predicted molar refractivity (Wildman–Crippen MR) is 54.9 cm³/mol. The molecule has 0 fully saturated rings. The van der Waals surface area contributed by atoms with Gasteiger partial charge in [0.15, 0.2) is 0 Å². The quantitative estimate of drug-likeness (QED) is 0.606. The van der Waals surface area contributed by atoms with E-state index in [4.69, 9.17) is 4.42 Å². The molecule has 0 aliphatic carbocycles. The van der Waals surface area contributed by atoms with Crippen molar-refractivity contribution in [3.05, 3.63) is 12.0 Å². The second kappa shape index (κ2) is 4.92. The van der Waals surface area contributed by atoms with Crippen LogP contribution in [-0.2, 0) is 0 Å². The van der Waals surface area contributed by atoms with Crippen molar-refractivity contribution in [2.75, 3.05) is 11.1 Å². The lowest BCUT2D eigenvalue weighted by Gasteiger charge is -2.02. The monoisotopic (exact) mass is 249 g/mol. The van der Waals surface area contributed by atoms with Crippen molar-refractivity contribution in [2.24, 2.45) is 5.92 Å². The van der Waals surface area contributed by atoms with Gasteiger partial charge in [0.2, 0.25) is 0 Å². The second-order valence-electron chi connectivity index (χ2n) is 2.83. The van der Waals surface area contributed by atoms with Crippen LogP contribution in [0.3, 0.4) is 0 Å². The maximum Gasteiger partial charge on any atom is 0.255 e. The van der Waals surface area contributed by atoms with Crippen LogP contribution in [0.25, 0.3) is 0 Å². The summed E-state index contributed by atoms with van der Waals surface area (Å²) in [7, 11) is 0. The molecule has 0 spiro atoms. The van der Waals surface area contributed by atoms with Crippen LogP contribution in [0.2, 0.25) is 0 Å². The number of thioether (sulfide) groups is 1. The normalized spacial score (nSPS) is 13.2. The summed E-state index contributed by atoms with van der Waals surface area (Å²) < 4.78 is 5.20. The van der Waals surface area contributed by atoms with Gasteiger partial charge in [-0.3, -0.25) is 0 Å². The molecule has 0 amide bonds. The lowest BCUT2D eigenvalue weighted by atomic mass is 10.3. The summed E-state index contributed by atoms with van der Waals surface area (Å²) in [5.41, 5.74) is 0.948. The van der Waals surface area contributed by atoms with E-state index in [1.165, 1.54) is 0 Å². The summed E-state index contributed by atoms with van der Waals surface area (Å²) in [5.74, 6) is 1.70. The van der Waals surface area contributed by atoms with E-state index in [-0.39, 0.29) is 0 Å². The molecule has 1 unspecified atom stereocenters. The van der Waals surface area contributed by atoms with Gasteiger partial charge in [0, 0.05) is 11.1 Å². The van der Waals surface area contributed by atoms with Crippen molar-refractivity contribution in [1.82, 2.24) is 4.98 Å². The molecule has 2 nitrogen and oxygen atoms in total. The van der Waals surface area contributed by atoms with Crippen LogP contribution >= 0.6 is 27.7 Å².